The molecule has 1 saturated carbocycles. The first-order valence-electron chi connectivity index (χ1n) is 3.59. The van der Waals surface area contributed by atoms with E-state index in [2.05, 4.69) is 0 Å². The van der Waals surface area contributed by atoms with Gasteiger partial charge in [0.1, 0.15) is 0 Å². The Morgan fingerprint density at radius 1 is 0.692 bits per heavy atom. The summed E-state index contributed by atoms with van der Waals surface area (Å²) in [6.45, 7) is 0.567. The summed E-state index contributed by atoms with van der Waals surface area (Å²) in [6, 6.07) is 0. The molecule has 78 valence electrons. The Labute approximate surface area is 70.9 Å². The maximum Gasteiger partial charge on any atom is 0.346 e. The van der Waals surface area contributed by atoms with E-state index in [0.717, 1.165) is 0 Å². The van der Waals surface area contributed by atoms with Crippen molar-refractivity contribution in [2.45, 2.75) is 43.5 Å². The van der Waals surface area contributed by atoms with Gasteiger partial charge in [-0.15, -0.1) is 0 Å². The highest BCUT2D eigenvalue weighted by Gasteiger charge is 2.82. The number of rotatable bonds is 0. The summed E-state index contributed by atoms with van der Waals surface area (Å²) >= 11 is 0. The molecule has 0 amide bonds. The Balaban J connectivity index is 3.24. The average molecular weight is 206 g/mol. The van der Waals surface area contributed by atoms with Crippen LogP contribution >= 0.6 is 0 Å². The van der Waals surface area contributed by atoms with Crippen molar-refractivity contribution >= 4 is 0 Å². The molecule has 1 aliphatic rings. The third kappa shape index (κ3) is 1.00. The van der Waals surface area contributed by atoms with Crippen molar-refractivity contribution < 1.29 is 26.3 Å². The molecule has 0 aromatic carbocycles. The predicted octanol–water partition coefficient (Wildman–Crippen LogP) is 3.12. The highest BCUT2D eigenvalue weighted by Crippen LogP contribution is 2.61. The molecule has 0 radical (unpaired) electrons. The lowest BCUT2D eigenvalue weighted by atomic mass is 10.0. The minimum atomic E-state index is -4.95. The quantitative estimate of drug-likeness (QED) is 0.534. The molecule has 0 heterocycles. The van der Waals surface area contributed by atoms with Crippen molar-refractivity contribution in [3.63, 3.8) is 0 Å². The van der Waals surface area contributed by atoms with Crippen LogP contribution in [0.1, 0.15) is 20.3 Å². The molecule has 1 rings (SSSR count). The van der Waals surface area contributed by atoms with E-state index >= 15 is 0 Å². The standard InChI is InChI=1S/C7H8F6/c1-4(8)3-5(2,9)7(12,13)6(4,10)11/h3H2,1-2H3. The normalized spacial score (nSPS) is 48.0. The fourth-order valence-corrected chi connectivity index (χ4v) is 1.50. The summed E-state index contributed by atoms with van der Waals surface area (Å²) in [6.07, 6.45) is -1.50. The highest BCUT2D eigenvalue weighted by atomic mass is 19.3. The fraction of sp³-hybridized carbons (Fsp3) is 1.00. The second-order valence-electron chi connectivity index (χ2n) is 3.72. The smallest absolute Gasteiger partial charge is 0.237 e. The van der Waals surface area contributed by atoms with Gasteiger partial charge in [0.2, 0.25) is 0 Å². The van der Waals surface area contributed by atoms with Crippen molar-refractivity contribution in [2.24, 2.45) is 0 Å². The van der Waals surface area contributed by atoms with Gasteiger partial charge in [-0.05, 0) is 13.8 Å². The molecule has 6 heteroatoms. The summed E-state index contributed by atoms with van der Waals surface area (Å²) < 4.78 is 76.3. The topological polar surface area (TPSA) is 0 Å². The Hall–Kier alpha value is -0.420. The van der Waals surface area contributed by atoms with E-state index in [0.29, 0.717) is 0 Å². The van der Waals surface area contributed by atoms with E-state index in [-0.39, 0.29) is 13.8 Å². The van der Waals surface area contributed by atoms with Crippen LogP contribution < -0.4 is 0 Å². The van der Waals surface area contributed by atoms with E-state index in [1.54, 1.807) is 0 Å². The summed E-state index contributed by atoms with van der Waals surface area (Å²) in [5.74, 6) is -9.91. The fourth-order valence-electron chi connectivity index (χ4n) is 1.50. The second kappa shape index (κ2) is 2.15. The molecular formula is C7H8F6. The van der Waals surface area contributed by atoms with E-state index in [1.165, 1.54) is 0 Å². The Morgan fingerprint density at radius 2 is 0.923 bits per heavy atom. The maximum absolute atomic E-state index is 12.9. The van der Waals surface area contributed by atoms with Crippen LogP contribution in [-0.4, -0.2) is 23.2 Å². The zero-order valence-electron chi connectivity index (χ0n) is 6.97. The van der Waals surface area contributed by atoms with Gasteiger partial charge in [0.25, 0.3) is 0 Å². The minimum Gasteiger partial charge on any atom is -0.237 e. The first-order valence-corrected chi connectivity index (χ1v) is 3.59. The van der Waals surface area contributed by atoms with Crippen LogP contribution in [0.2, 0.25) is 0 Å². The van der Waals surface area contributed by atoms with E-state index in [9.17, 15) is 26.3 Å². The lowest BCUT2D eigenvalue weighted by molar-refractivity contribution is -0.258. The van der Waals surface area contributed by atoms with E-state index < -0.39 is 29.6 Å². The van der Waals surface area contributed by atoms with Crippen LogP contribution in [0.5, 0.6) is 0 Å². The third-order valence-electron chi connectivity index (χ3n) is 2.37. The molecule has 0 spiro atoms. The second-order valence-corrected chi connectivity index (χ2v) is 3.72. The molecule has 0 saturated heterocycles. The monoisotopic (exact) mass is 206 g/mol. The van der Waals surface area contributed by atoms with Crippen molar-refractivity contribution in [3.8, 4) is 0 Å². The Kier molecular flexibility index (Phi) is 1.76. The van der Waals surface area contributed by atoms with Gasteiger partial charge in [-0.3, -0.25) is 0 Å². The molecule has 0 N–H and O–H groups in total. The first-order chi connectivity index (χ1) is 5.46. The van der Waals surface area contributed by atoms with Gasteiger partial charge in [0.15, 0.2) is 11.3 Å². The predicted molar refractivity (Wildman–Crippen MR) is 33.5 cm³/mol. The highest BCUT2D eigenvalue weighted by molar-refractivity contribution is 5.17. The lowest BCUT2D eigenvalue weighted by Gasteiger charge is -2.27. The summed E-state index contributed by atoms with van der Waals surface area (Å²) in [5, 5.41) is 0. The zero-order chi connectivity index (χ0) is 10.7. The molecule has 0 aromatic rings. The van der Waals surface area contributed by atoms with Crippen molar-refractivity contribution in [2.75, 3.05) is 0 Å². The number of alkyl halides is 6. The molecule has 1 aliphatic carbocycles. The average Bonchev–Trinajstić information content (AvgIpc) is 1.88. The Bertz CT molecular complexity index is 205. The van der Waals surface area contributed by atoms with Crippen molar-refractivity contribution in [3.05, 3.63) is 0 Å². The SMILES string of the molecule is CC1(F)CC(C)(F)C(F)(F)C1(F)F. The summed E-state index contributed by atoms with van der Waals surface area (Å²) in [7, 11) is 0. The van der Waals surface area contributed by atoms with Crippen LogP contribution in [0.15, 0.2) is 0 Å². The number of halogens is 6. The van der Waals surface area contributed by atoms with Gasteiger partial charge in [0, 0.05) is 6.42 Å². The summed E-state index contributed by atoms with van der Waals surface area (Å²) in [4.78, 5) is 0. The number of hydrogen-bond donors (Lipinski definition) is 0. The molecule has 13 heavy (non-hydrogen) atoms. The van der Waals surface area contributed by atoms with E-state index in [4.69, 9.17) is 0 Å². The largest absolute Gasteiger partial charge is 0.346 e. The zero-order valence-corrected chi connectivity index (χ0v) is 6.97. The minimum absolute atomic E-state index is 0.283. The maximum atomic E-state index is 12.9. The molecule has 2 atom stereocenters. The van der Waals surface area contributed by atoms with Crippen LogP contribution in [0.25, 0.3) is 0 Å². The molecule has 2 unspecified atom stereocenters. The molecule has 0 aliphatic heterocycles. The van der Waals surface area contributed by atoms with Crippen LogP contribution in [0.3, 0.4) is 0 Å². The molecule has 0 nitrogen and oxygen atoms in total. The first kappa shape index (κ1) is 10.7. The van der Waals surface area contributed by atoms with Crippen LogP contribution in [0.4, 0.5) is 26.3 Å². The van der Waals surface area contributed by atoms with Crippen molar-refractivity contribution in [1.82, 2.24) is 0 Å². The van der Waals surface area contributed by atoms with Crippen molar-refractivity contribution in [1.29, 1.82) is 0 Å². The van der Waals surface area contributed by atoms with Gasteiger partial charge in [-0.25, -0.2) is 8.78 Å². The lowest BCUT2D eigenvalue weighted by Crippen LogP contribution is -2.51. The molecule has 1 fully saturated rings. The Morgan fingerprint density at radius 3 is 1.00 bits per heavy atom. The van der Waals surface area contributed by atoms with Gasteiger partial charge in [-0.2, -0.15) is 17.6 Å². The van der Waals surface area contributed by atoms with Gasteiger partial charge in [0.05, 0.1) is 0 Å². The van der Waals surface area contributed by atoms with Crippen LogP contribution in [-0.2, 0) is 0 Å². The number of hydrogen-bond acceptors (Lipinski definition) is 0. The molecular weight excluding hydrogens is 198 g/mol. The third-order valence-corrected chi connectivity index (χ3v) is 2.37. The molecule has 0 bridgehead atoms. The van der Waals surface area contributed by atoms with Gasteiger partial charge >= 0.3 is 11.8 Å². The van der Waals surface area contributed by atoms with E-state index in [1.807, 2.05) is 0 Å². The molecule has 0 aromatic heterocycles. The summed E-state index contributed by atoms with van der Waals surface area (Å²) in [5.41, 5.74) is -7.00. The van der Waals surface area contributed by atoms with Crippen LogP contribution in [0, 0.1) is 0 Å². The van der Waals surface area contributed by atoms with Gasteiger partial charge < -0.3 is 0 Å². The van der Waals surface area contributed by atoms with Gasteiger partial charge in [-0.1, -0.05) is 0 Å².